The van der Waals surface area contributed by atoms with Crippen molar-refractivity contribution in [1.82, 2.24) is 5.23 Å². The summed E-state index contributed by atoms with van der Waals surface area (Å²) in [5.74, 6) is -0.674. The van der Waals surface area contributed by atoms with E-state index in [1.807, 2.05) is 5.23 Å². The number of carbonyl (C=O) groups is 1. The van der Waals surface area contributed by atoms with Crippen molar-refractivity contribution in [2.45, 2.75) is 0 Å². The lowest BCUT2D eigenvalue weighted by Crippen LogP contribution is -2.20. The third-order valence-corrected chi connectivity index (χ3v) is 1.48. The molecular formula is C7H5BN2O3. The number of hydrogen-bond acceptors (Lipinski definition) is 3. The highest BCUT2D eigenvalue weighted by Gasteiger charge is 2.16. The number of amides is 1. The predicted octanol–water partition coefficient (Wildman–Crippen LogP) is 0.408. The van der Waals surface area contributed by atoms with Gasteiger partial charge in [-0.05, 0) is 6.07 Å². The van der Waals surface area contributed by atoms with Crippen LogP contribution in [0.5, 0.6) is 0 Å². The van der Waals surface area contributed by atoms with Crippen molar-refractivity contribution in [2.24, 2.45) is 0 Å². The van der Waals surface area contributed by atoms with E-state index in [-0.39, 0.29) is 11.3 Å². The third kappa shape index (κ3) is 1.84. The van der Waals surface area contributed by atoms with Gasteiger partial charge in [-0.3, -0.25) is 14.9 Å². The fraction of sp³-hybridized carbons (Fsp3) is 0. The smallest absolute Gasteiger partial charge is 0.282 e. The molecule has 0 bridgehead atoms. The van der Waals surface area contributed by atoms with E-state index >= 15 is 0 Å². The highest BCUT2D eigenvalue weighted by atomic mass is 16.6. The average Bonchev–Trinajstić information content (AvgIpc) is 2.16. The molecule has 2 radical (unpaired) electrons. The average molecular weight is 176 g/mol. The van der Waals surface area contributed by atoms with Gasteiger partial charge >= 0.3 is 0 Å². The van der Waals surface area contributed by atoms with Gasteiger partial charge in [0.15, 0.2) is 0 Å². The lowest BCUT2D eigenvalue weighted by molar-refractivity contribution is -0.385. The van der Waals surface area contributed by atoms with E-state index < -0.39 is 10.8 Å². The van der Waals surface area contributed by atoms with Crippen molar-refractivity contribution in [2.75, 3.05) is 0 Å². The maximum absolute atomic E-state index is 11.0. The molecule has 0 spiro atoms. The molecule has 1 aromatic rings. The maximum Gasteiger partial charge on any atom is 0.282 e. The lowest BCUT2D eigenvalue weighted by atomic mass is 10.1. The zero-order chi connectivity index (χ0) is 9.84. The monoisotopic (exact) mass is 176 g/mol. The Morgan fingerprint density at radius 2 is 2.08 bits per heavy atom. The first-order chi connectivity index (χ1) is 6.16. The summed E-state index contributed by atoms with van der Waals surface area (Å²) in [5, 5.41) is 12.3. The Hall–Kier alpha value is -1.85. The molecule has 64 valence electrons. The van der Waals surface area contributed by atoms with Crippen LogP contribution in [0.2, 0.25) is 0 Å². The quantitative estimate of drug-likeness (QED) is 0.402. The number of nitro groups is 1. The number of rotatable bonds is 2. The molecule has 5 nitrogen and oxygen atoms in total. The second-order valence-electron chi connectivity index (χ2n) is 2.25. The Balaban J connectivity index is 3.19. The number of nitro benzene ring substituents is 1. The number of nitrogens with zero attached hydrogens (tertiary/aromatic N) is 1. The van der Waals surface area contributed by atoms with Crippen molar-refractivity contribution in [3.8, 4) is 0 Å². The van der Waals surface area contributed by atoms with Crippen LogP contribution in [0.1, 0.15) is 10.4 Å². The van der Waals surface area contributed by atoms with E-state index in [1.165, 1.54) is 24.3 Å². The number of carbonyl (C=O) groups excluding carboxylic acids is 1. The van der Waals surface area contributed by atoms with Crippen LogP contribution < -0.4 is 5.23 Å². The number of benzene rings is 1. The number of nitrogens with one attached hydrogen (secondary N) is 1. The van der Waals surface area contributed by atoms with Crippen LogP contribution in [0.15, 0.2) is 24.3 Å². The number of hydrogen-bond donors (Lipinski definition) is 1. The summed E-state index contributed by atoms with van der Waals surface area (Å²) >= 11 is 0. The van der Waals surface area contributed by atoms with Crippen LogP contribution in [0.4, 0.5) is 5.69 Å². The maximum atomic E-state index is 11.0. The second-order valence-corrected chi connectivity index (χ2v) is 2.25. The summed E-state index contributed by atoms with van der Waals surface area (Å²) in [7, 11) is 4.85. The van der Waals surface area contributed by atoms with Crippen molar-refractivity contribution < 1.29 is 9.72 Å². The Morgan fingerprint density at radius 3 is 2.62 bits per heavy atom. The van der Waals surface area contributed by atoms with E-state index in [0.717, 1.165) is 0 Å². The van der Waals surface area contributed by atoms with Crippen molar-refractivity contribution >= 4 is 19.6 Å². The van der Waals surface area contributed by atoms with Crippen LogP contribution in [0.25, 0.3) is 0 Å². The number of para-hydroxylation sites is 1. The van der Waals surface area contributed by atoms with Gasteiger partial charge in [-0.1, -0.05) is 12.1 Å². The van der Waals surface area contributed by atoms with Crippen LogP contribution in [-0.2, 0) is 0 Å². The Bertz CT molecular complexity index is 353. The molecule has 0 heterocycles. The fourth-order valence-corrected chi connectivity index (χ4v) is 0.903. The van der Waals surface area contributed by atoms with E-state index in [4.69, 9.17) is 7.98 Å². The summed E-state index contributed by atoms with van der Waals surface area (Å²) in [5.41, 5.74) is -0.305. The lowest BCUT2D eigenvalue weighted by Gasteiger charge is -1.99. The summed E-state index contributed by atoms with van der Waals surface area (Å²) in [6, 6.07) is 5.58. The highest BCUT2D eigenvalue weighted by molar-refractivity contribution is 6.19. The Kier molecular flexibility index (Phi) is 2.64. The molecule has 0 aromatic heterocycles. The molecule has 6 heteroatoms. The van der Waals surface area contributed by atoms with Gasteiger partial charge in [0.2, 0.25) is 13.9 Å². The molecule has 1 N–H and O–H groups in total. The van der Waals surface area contributed by atoms with E-state index in [9.17, 15) is 14.9 Å². The molecule has 0 aliphatic rings. The molecule has 13 heavy (non-hydrogen) atoms. The van der Waals surface area contributed by atoms with Crippen molar-refractivity contribution in [3.05, 3.63) is 39.9 Å². The van der Waals surface area contributed by atoms with Gasteiger partial charge in [0, 0.05) is 6.07 Å². The van der Waals surface area contributed by atoms with Crippen molar-refractivity contribution in [1.29, 1.82) is 0 Å². The van der Waals surface area contributed by atoms with E-state index in [0.29, 0.717) is 0 Å². The standard InChI is InChI=1S/C7H5BN2O3/c8-9-7(11)5-3-1-2-4-6(5)10(12)13/h1-4H,(H,9,11). The second kappa shape index (κ2) is 3.71. The molecule has 0 saturated heterocycles. The first-order valence-corrected chi connectivity index (χ1v) is 3.41. The minimum absolute atomic E-state index is 0.0463. The van der Waals surface area contributed by atoms with E-state index in [2.05, 4.69) is 0 Å². The summed E-state index contributed by atoms with van der Waals surface area (Å²) in [6.45, 7) is 0. The van der Waals surface area contributed by atoms with Gasteiger partial charge in [0.05, 0.1) is 4.92 Å². The topological polar surface area (TPSA) is 72.2 Å². The third-order valence-electron chi connectivity index (χ3n) is 1.48. The minimum atomic E-state index is -0.674. The zero-order valence-electron chi connectivity index (χ0n) is 6.56. The summed E-state index contributed by atoms with van der Waals surface area (Å²) in [6.07, 6.45) is 0. The Labute approximate surface area is 75.3 Å². The summed E-state index contributed by atoms with van der Waals surface area (Å²) in [4.78, 5) is 20.8. The zero-order valence-corrected chi connectivity index (χ0v) is 6.56. The highest BCUT2D eigenvalue weighted by Crippen LogP contribution is 2.16. The molecule has 1 rings (SSSR count). The molecule has 0 aliphatic carbocycles. The van der Waals surface area contributed by atoms with E-state index in [1.54, 1.807) is 0 Å². The fourth-order valence-electron chi connectivity index (χ4n) is 0.903. The van der Waals surface area contributed by atoms with Gasteiger partial charge in [0.25, 0.3) is 5.69 Å². The molecule has 1 aromatic carbocycles. The Morgan fingerprint density at radius 1 is 1.46 bits per heavy atom. The van der Waals surface area contributed by atoms with Gasteiger partial charge in [0.1, 0.15) is 5.56 Å². The molecule has 0 unspecified atom stereocenters. The van der Waals surface area contributed by atoms with Gasteiger partial charge in [-0.25, -0.2) is 0 Å². The molecular weight excluding hydrogens is 171 g/mol. The van der Waals surface area contributed by atoms with Crippen LogP contribution in [0.3, 0.4) is 0 Å². The molecule has 1 amide bonds. The predicted molar refractivity (Wildman–Crippen MR) is 46.3 cm³/mol. The molecule has 0 saturated carbocycles. The summed E-state index contributed by atoms with van der Waals surface area (Å²) < 4.78 is 0. The van der Waals surface area contributed by atoms with Gasteiger partial charge < -0.3 is 5.23 Å². The largest absolute Gasteiger partial charge is 0.405 e. The molecule has 0 atom stereocenters. The minimum Gasteiger partial charge on any atom is -0.405 e. The van der Waals surface area contributed by atoms with Crippen molar-refractivity contribution in [3.63, 3.8) is 0 Å². The van der Waals surface area contributed by atoms with Crippen LogP contribution >= 0.6 is 0 Å². The van der Waals surface area contributed by atoms with Gasteiger partial charge in [-0.15, -0.1) is 0 Å². The molecule has 0 fully saturated rings. The van der Waals surface area contributed by atoms with Crippen LogP contribution in [-0.4, -0.2) is 18.8 Å². The first-order valence-electron chi connectivity index (χ1n) is 3.41. The van der Waals surface area contributed by atoms with Gasteiger partial charge in [-0.2, -0.15) is 0 Å². The first kappa shape index (κ1) is 9.24. The normalized spacial score (nSPS) is 9.23. The molecule has 0 aliphatic heterocycles. The SMILES string of the molecule is [B]NC(=O)c1ccccc1[N+](=O)[O-]. The van der Waals surface area contributed by atoms with Crippen LogP contribution in [0, 0.1) is 10.1 Å².